The first-order valence-corrected chi connectivity index (χ1v) is 16.0. The first kappa shape index (κ1) is 34.5. The summed E-state index contributed by atoms with van der Waals surface area (Å²) in [4.78, 5) is 44.9. The second-order valence-corrected chi connectivity index (χ2v) is 12.3. The third kappa shape index (κ3) is 9.09. The largest absolute Gasteiger partial charge is 0.463 e. The number of esters is 1. The summed E-state index contributed by atoms with van der Waals surface area (Å²) in [7, 11) is 0. The van der Waals surface area contributed by atoms with E-state index in [0.717, 1.165) is 60.6 Å². The number of amides is 1. The molecule has 46 heavy (non-hydrogen) atoms. The van der Waals surface area contributed by atoms with Crippen molar-refractivity contribution in [3.8, 4) is 0 Å². The topological polar surface area (TPSA) is 152 Å². The van der Waals surface area contributed by atoms with E-state index >= 15 is 0 Å². The number of aliphatic hydroxyl groups excluding tert-OH is 1. The summed E-state index contributed by atoms with van der Waals surface area (Å²) in [6, 6.07) is 5.41. The van der Waals surface area contributed by atoms with Crippen molar-refractivity contribution in [1.29, 1.82) is 0 Å². The van der Waals surface area contributed by atoms with Gasteiger partial charge in [0.2, 0.25) is 0 Å². The summed E-state index contributed by atoms with van der Waals surface area (Å²) in [5, 5.41) is 20.3. The number of aryl methyl sites for hydroxylation is 1. The van der Waals surface area contributed by atoms with E-state index in [1.165, 1.54) is 16.7 Å². The van der Waals surface area contributed by atoms with Crippen LogP contribution in [0.2, 0.25) is 0 Å². The van der Waals surface area contributed by atoms with Gasteiger partial charge in [-0.1, -0.05) is 19.1 Å². The van der Waals surface area contributed by atoms with Crippen molar-refractivity contribution in [2.75, 3.05) is 36.5 Å². The van der Waals surface area contributed by atoms with Crippen molar-refractivity contribution in [3.05, 3.63) is 63.7 Å². The average molecular weight is 638 g/mol. The minimum atomic E-state index is -0.658. The van der Waals surface area contributed by atoms with Crippen LogP contribution in [-0.4, -0.2) is 74.3 Å². The number of carbonyl (C=O) groups is 2. The molecule has 1 atom stereocenters. The van der Waals surface area contributed by atoms with Crippen LogP contribution in [0.4, 0.5) is 16.4 Å². The summed E-state index contributed by atoms with van der Waals surface area (Å²) in [6.07, 6.45) is 9.13. The Morgan fingerprint density at radius 1 is 1.20 bits per heavy atom. The van der Waals surface area contributed by atoms with E-state index in [1.54, 1.807) is 44.5 Å². The SMILES string of the molecule is CCOC(=O)/C(=C/CNC(=O)OC(C)(C)C)Cn1cc(CNc2cc(N3CCCC[C@H]3CCO)nc3c(CC)cnn23)ccc1=O. The molecule has 1 aliphatic rings. The number of anilines is 2. The van der Waals surface area contributed by atoms with E-state index in [1.807, 2.05) is 12.3 Å². The van der Waals surface area contributed by atoms with Gasteiger partial charge in [0, 0.05) is 56.2 Å². The zero-order valence-electron chi connectivity index (χ0n) is 27.5. The van der Waals surface area contributed by atoms with E-state index in [9.17, 15) is 19.5 Å². The zero-order chi connectivity index (χ0) is 33.3. The molecule has 1 saturated heterocycles. The maximum atomic E-state index is 12.8. The summed E-state index contributed by atoms with van der Waals surface area (Å²) in [5.41, 5.74) is 1.91. The number of hydrogen-bond acceptors (Lipinski definition) is 10. The van der Waals surface area contributed by atoms with Crippen LogP contribution in [0.3, 0.4) is 0 Å². The molecule has 4 heterocycles. The molecule has 0 saturated carbocycles. The van der Waals surface area contributed by atoms with E-state index in [4.69, 9.17) is 14.5 Å². The molecule has 3 aromatic rings. The van der Waals surface area contributed by atoms with Crippen molar-refractivity contribution >= 4 is 29.3 Å². The van der Waals surface area contributed by atoms with E-state index in [2.05, 4.69) is 27.6 Å². The van der Waals surface area contributed by atoms with Crippen LogP contribution in [0, 0.1) is 0 Å². The van der Waals surface area contributed by atoms with Crippen LogP contribution in [0.25, 0.3) is 5.65 Å². The molecule has 0 unspecified atom stereocenters. The van der Waals surface area contributed by atoms with Crippen molar-refractivity contribution in [3.63, 3.8) is 0 Å². The molecule has 0 radical (unpaired) electrons. The standard InChI is InChI=1S/C33H47N7O6/c1-6-24-20-36-40-27(18-28(37-30(24)40)39-16-9-8-10-26(39)14-17-41)35-19-23-11-12-29(42)38(21-23)22-25(31(43)45-7-2)13-15-34-32(44)46-33(3,4)5/h11-13,18,20-21,26,35,41H,6-10,14-17,19,22H2,1-5H3,(H,34,44)/b25-13+/t26-/m0/s1. The van der Waals surface area contributed by atoms with Gasteiger partial charge < -0.3 is 34.7 Å². The summed E-state index contributed by atoms with van der Waals surface area (Å²) < 4.78 is 13.7. The number of hydrogen-bond donors (Lipinski definition) is 3. The monoisotopic (exact) mass is 637 g/mol. The number of piperidine rings is 1. The number of aromatic nitrogens is 4. The first-order valence-electron chi connectivity index (χ1n) is 16.0. The molecule has 13 heteroatoms. The van der Waals surface area contributed by atoms with Crippen LogP contribution in [-0.2, 0) is 33.8 Å². The number of carbonyl (C=O) groups excluding carboxylic acids is 2. The quantitative estimate of drug-likeness (QED) is 0.186. The lowest BCUT2D eigenvalue weighted by atomic mass is 9.99. The first-order chi connectivity index (χ1) is 22.0. The highest BCUT2D eigenvalue weighted by Gasteiger charge is 2.25. The molecule has 250 valence electrons. The number of fused-ring (bicyclic) bond motifs is 1. The van der Waals surface area contributed by atoms with Gasteiger partial charge in [-0.2, -0.15) is 9.61 Å². The third-order valence-electron chi connectivity index (χ3n) is 7.69. The highest BCUT2D eigenvalue weighted by molar-refractivity contribution is 5.88. The lowest BCUT2D eigenvalue weighted by molar-refractivity contribution is -0.138. The second kappa shape index (κ2) is 15.7. The molecule has 0 bridgehead atoms. The average Bonchev–Trinajstić information content (AvgIpc) is 3.43. The lowest BCUT2D eigenvalue weighted by Gasteiger charge is -2.36. The molecule has 1 amide bonds. The minimum absolute atomic E-state index is 0.0270. The van der Waals surface area contributed by atoms with Crippen LogP contribution >= 0.6 is 0 Å². The van der Waals surface area contributed by atoms with Crippen LogP contribution in [0.1, 0.15) is 71.4 Å². The number of nitrogens with zero attached hydrogens (tertiary/aromatic N) is 5. The minimum Gasteiger partial charge on any atom is -0.463 e. The Bertz CT molecular complexity index is 1590. The molecule has 13 nitrogen and oxygen atoms in total. The number of rotatable bonds is 13. The lowest BCUT2D eigenvalue weighted by Crippen LogP contribution is -2.40. The van der Waals surface area contributed by atoms with Gasteiger partial charge in [-0.3, -0.25) is 4.79 Å². The van der Waals surface area contributed by atoms with E-state index in [-0.39, 0.29) is 43.5 Å². The van der Waals surface area contributed by atoms with Crippen LogP contribution in [0.15, 0.2) is 47.0 Å². The second-order valence-electron chi connectivity index (χ2n) is 12.3. The maximum Gasteiger partial charge on any atom is 0.407 e. The fourth-order valence-corrected chi connectivity index (χ4v) is 5.46. The molecular weight excluding hydrogens is 590 g/mol. The van der Waals surface area contributed by atoms with Crippen LogP contribution < -0.4 is 21.1 Å². The predicted molar refractivity (Wildman–Crippen MR) is 176 cm³/mol. The Labute approximate surface area is 269 Å². The van der Waals surface area contributed by atoms with Gasteiger partial charge in [-0.25, -0.2) is 14.6 Å². The molecule has 0 spiro atoms. The van der Waals surface area contributed by atoms with E-state index in [0.29, 0.717) is 13.0 Å². The third-order valence-corrected chi connectivity index (χ3v) is 7.69. The Morgan fingerprint density at radius 3 is 2.72 bits per heavy atom. The molecule has 0 aromatic carbocycles. The van der Waals surface area contributed by atoms with Gasteiger partial charge in [0.1, 0.15) is 17.2 Å². The molecule has 0 aliphatic carbocycles. The van der Waals surface area contributed by atoms with Crippen LogP contribution in [0.5, 0.6) is 0 Å². The fourth-order valence-electron chi connectivity index (χ4n) is 5.46. The van der Waals surface area contributed by atoms with Gasteiger partial charge in [-0.05, 0) is 65.4 Å². The van der Waals surface area contributed by atoms with Gasteiger partial charge in [-0.15, -0.1) is 0 Å². The predicted octanol–water partition coefficient (Wildman–Crippen LogP) is 3.82. The van der Waals surface area contributed by atoms with Crippen molar-refractivity contribution in [2.45, 2.75) is 91.5 Å². The highest BCUT2D eigenvalue weighted by Crippen LogP contribution is 2.29. The number of ether oxygens (including phenoxy) is 2. The van der Waals surface area contributed by atoms with E-state index < -0.39 is 17.7 Å². The Hall–Kier alpha value is -4.39. The van der Waals surface area contributed by atoms with Crippen molar-refractivity contribution < 1.29 is 24.2 Å². The Morgan fingerprint density at radius 2 is 2.00 bits per heavy atom. The fraction of sp³-hybridized carbons (Fsp3) is 0.545. The molecule has 1 fully saturated rings. The van der Waals surface area contributed by atoms with Crippen molar-refractivity contribution in [1.82, 2.24) is 24.5 Å². The molecule has 3 N–H and O–H groups in total. The summed E-state index contributed by atoms with van der Waals surface area (Å²) >= 11 is 0. The number of alkyl carbamates (subject to hydrolysis) is 1. The summed E-state index contributed by atoms with van der Waals surface area (Å²) in [6.45, 7) is 10.6. The number of pyridine rings is 1. The maximum absolute atomic E-state index is 12.8. The van der Waals surface area contributed by atoms with Gasteiger partial charge in [0.25, 0.3) is 5.56 Å². The number of nitrogens with one attached hydrogen (secondary N) is 2. The molecule has 3 aromatic heterocycles. The van der Waals surface area contributed by atoms with Gasteiger partial charge in [0.15, 0.2) is 5.65 Å². The van der Waals surface area contributed by atoms with Crippen molar-refractivity contribution in [2.24, 2.45) is 0 Å². The molecule has 1 aliphatic heterocycles. The summed E-state index contributed by atoms with van der Waals surface area (Å²) in [5.74, 6) is 1.03. The smallest absolute Gasteiger partial charge is 0.407 e. The zero-order valence-corrected chi connectivity index (χ0v) is 27.5. The Balaban J connectivity index is 1.56. The normalized spacial score (nSPS) is 15.6. The Kier molecular flexibility index (Phi) is 11.8. The number of aliphatic hydroxyl groups is 1. The molecular formula is C33H47N7O6. The van der Waals surface area contributed by atoms with Gasteiger partial charge >= 0.3 is 12.1 Å². The highest BCUT2D eigenvalue weighted by atomic mass is 16.6. The van der Waals surface area contributed by atoms with Gasteiger partial charge in [0.05, 0.1) is 24.9 Å². The molecule has 4 rings (SSSR count).